The molecule has 8 nitrogen and oxygen atoms in total. The lowest BCUT2D eigenvalue weighted by atomic mass is 10.0. The molecule has 0 fully saturated rings. The molecular formula is C21H24N4O4. The summed E-state index contributed by atoms with van der Waals surface area (Å²) in [6.45, 7) is 5.02. The molecule has 0 radical (unpaired) electrons. The zero-order chi connectivity index (χ0) is 20.8. The van der Waals surface area contributed by atoms with E-state index in [1.165, 1.54) is 0 Å². The minimum Gasteiger partial charge on any atom is -0.449 e. The first-order chi connectivity index (χ1) is 14.0. The van der Waals surface area contributed by atoms with Crippen LogP contribution in [0.1, 0.15) is 23.9 Å². The fourth-order valence-electron chi connectivity index (χ4n) is 2.96. The van der Waals surface area contributed by atoms with E-state index in [9.17, 15) is 9.59 Å². The quantitative estimate of drug-likeness (QED) is 0.613. The second kappa shape index (κ2) is 9.18. The fraction of sp³-hybridized carbons (Fsp3) is 0.333. The average Bonchev–Trinajstić information content (AvgIpc) is 2.74. The van der Waals surface area contributed by atoms with Crippen LogP contribution in [0, 0.1) is 6.92 Å². The zero-order valence-electron chi connectivity index (χ0n) is 16.8. The van der Waals surface area contributed by atoms with E-state index in [1.807, 2.05) is 32.2 Å². The van der Waals surface area contributed by atoms with Crippen LogP contribution < -0.4 is 15.8 Å². The summed E-state index contributed by atoms with van der Waals surface area (Å²) in [5.74, 6) is 0.489. The first-order valence-corrected chi connectivity index (χ1v) is 9.43. The minimum atomic E-state index is -0.590. The summed E-state index contributed by atoms with van der Waals surface area (Å²) in [7, 11) is 1.98. The van der Waals surface area contributed by atoms with E-state index in [0.29, 0.717) is 17.0 Å². The number of hydrogen-bond acceptors (Lipinski definition) is 7. The van der Waals surface area contributed by atoms with Gasteiger partial charge in [-0.05, 0) is 37.6 Å². The van der Waals surface area contributed by atoms with Gasteiger partial charge < -0.3 is 19.4 Å². The third-order valence-electron chi connectivity index (χ3n) is 4.78. The molecule has 29 heavy (non-hydrogen) atoms. The van der Waals surface area contributed by atoms with E-state index in [-0.39, 0.29) is 19.6 Å². The van der Waals surface area contributed by atoms with Gasteiger partial charge in [0, 0.05) is 55.1 Å². The number of ether oxygens (including phenoxy) is 1. The maximum atomic E-state index is 12.4. The summed E-state index contributed by atoms with van der Waals surface area (Å²) in [6, 6.07) is 7.51. The molecule has 3 aromatic rings. The van der Waals surface area contributed by atoms with Crippen molar-refractivity contribution < 1.29 is 13.9 Å². The molecule has 3 rings (SSSR count). The van der Waals surface area contributed by atoms with Gasteiger partial charge in [0.15, 0.2) is 0 Å². The number of amides is 1. The van der Waals surface area contributed by atoms with E-state index in [2.05, 4.69) is 27.1 Å². The molecule has 0 aliphatic rings. The Morgan fingerprint density at radius 2 is 2.03 bits per heavy atom. The van der Waals surface area contributed by atoms with Crippen molar-refractivity contribution in [3.8, 4) is 0 Å². The van der Waals surface area contributed by atoms with Crippen LogP contribution in [0.2, 0.25) is 0 Å². The molecule has 0 aliphatic heterocycles. The number of nitrogens with one attached hydrogen (secondary N) is 1. The number of aromatic nitrogens is 2. The summed E-state index contributed by atoms with van der Waals surface area (Å²) in [4.78, 5) is 34.4. The number of rotatable bonds is 7. The lowest BCUT2D eigenvalue weighted by Gasteiger charge is -2.17. The largest absolute Gasteiger partial charge is 0.449 e. The molecule has 1 N–H and O–H groups in total. The predicted octanol–water partition coefficient (Wildman–Crippen LogP) is 2.82. The molecule has 2 aromatic heterocycles. The topological polar surface area (TPSA) is 97.6 Å². The van der Waals surface area contributed by atoms with Crippen LogP contribution in [0.3, 0.4) is 0 Å². The monoisotopic (exact) mass is 396 g/mol. The Labute approximate surface area is 168 Å². The van der Waals surface area contributed by atoms with Crippen molar-refractivity contribution in [2.75, 3.05) is 25.1 Å². The van der Waals surface area contributed by atoms with Crippen molar-refractivity contribution in [1.82, 2.24) is 15.3 Å². The van der Waals surface area contributed by atoms with Crippen molar-refractivity contribution in [2.45, 2.75) is 26.8 Å². The summed E-state index contributed by atoms with van der Waals surface area (Å²) in [5, 5.41) is 3.45. The van der Waals surface area contributed by atoms with Gasteiger partial charge in [-0.3, -0.25) is 0 Å². The number of carbonyl (C=O) groups is 1. The molecule has 0 unspecified atom stereocenters. The number of hydrogen-bond donors (Lipinski definition) is 1. The van der Waals surface area contributed by atoms with E-state index >= 15 is 0 Å². The van der Waals surface area contributed by atoms with Crippen molar-refractivity contribution in [1.29, 1.82) is 0 Å². The Bertz CT molecular complexity index is 1050. The molecule has 152 valence electrons. The molecule has 1 amide bonds. The second-order valence-corrected chi connectivity index (χ2v) is 6.59. The third kappa shape index (κ3) is 4.90. The van der Waals surface area contributed by atoms with Crippen molar-refractivity contribution in [3.63, 3.8) is 0 Å². The molecular weight excluding hydrogens is 372 g/mol. The van der Waals surface area contributed by atoms with E-state index in [0.717, 1.165) is 23.2 Å². The third-order valence-corrected chi connectivity index (χ3v) is 4.78. The van der Waals surface area contributed by atoms with Crippen LogP contribution in [-0.2, 0) is 17.7 Å². The summed E-state index contributed by atoms with van der Waals surface area (Å²) < 4.78 is 10.7. The van der Waals surface area contributed by atoms with Crippen molar-refractivity contribution in [3.05, 3.63) is 64.0 Å². The van der Waals surface area contributed by atoms with Gasteiger partial charge in [-0.2, -0.15) is 0 Å². The molecule has 0 aliphatic carbocycles. The summed E-state index contributed by atoms with van der Waals surface area (Å²) in [6.07, 6.45) is 2.88. The van der Waals surface area contributed by atoms with Gasteiger partial charge in [-0.15, -0.1) is 0 Å². The molecule has 1 aromatic carbocycles. The van der Waals surface area contributed by atoms with Crippen LogP contribution in [-0.4, -0.2) is 36.3 Å². The van der Waals surface area contributed by atoms with Crippen LogP contribution in [0.25, 0.3) is 11.0 Å². The maximum Gasteiger partial charge on any atom is 0.407 e. The molecule has 8 heteroatoms. The minimum absolute atomic E-state index is 0.0647. The number of nitrogens with zero attached hydrogens (tertiary/aromatic N) is 3. The molecule has 2 heterocycles. The smallest absolute Gasteiger partial charge is 0.407 e. The first-order valence-electron chi connectivity index (χ1n) is 9.43. The summed E-state index contributed by atoms with van der Waals surface area (Å²) in [5.41, 5.74) is 2.47. The van der Waals surface area contributed by atoms with Crippen LogP contribution in [0.15, 0.2) is 45.9 Å². The Hall–Kier alpha value is -3.42. The highest BCUT2D eigenvalue weighted by Gasteiger charge is 2.13. The van der Waals surface area contributed by atoms with Gasteiger partial charge in [-0.1, -0.05) is 0 Å². The maximum absolute atomic E-state index is 12.4. The molecule has 0 saturated heterocycles. The SMILES string of the molecule is CCN(C)c1ccc2c(C)c(CCOC(=O)NCc3ncccn3)c(=O)oc2c1. The van der Waals surface area contributed by atoms with Gasteiger partial charge in [-0.25, -0.2) is 19.6 Å². The Balaban J connectivity index is 1.64. The standard InChI is InChI=1S/C21H24N4O4/c1-4-25(3)15-6-7-16-14(2)17(20(26)29-18(16)12-15)8-11-28-21(27)24-13-19-22-9-5-10-23-19/h5-7,9-10,12H,4,8,11,13H2,1-3H3,(H,24,27). The highest BCUT2D eigenvalue weighted by Crippen LogP contribution is 2.24. The first kappa shape index (κ1) is 20.3. The molecule has 0 bridgehead atoms. The Morgan fingerprint density at radius 1 is 1.28 bits per heavy atom. The van der Waals surface area contributed by atoms with E-state index in [4.69, 9.17) is 9.15 Å². The highest BCUT2D eigenvalue weighted by atomic mass is 16.5. The lowest BCUT2D eigenvalue weighted by Crippen LogP contribution is -2.26. The number of benzene rings is 1. The number of alkyl carbamates (subject to hydrolysis) is 1. The van der Waals surface area contributed by atoms with Gasteiger partial charge in [0.05, 0.1) is 13.2 Å². The number of anilines is 1. The molecule has 0 spiro atoms. The van der Waals surface area contributed by atoms with E-state index < -0.39 is 11.7 Å². The fourth-order valence-corrected chi connectivity index (χ4v) is 2.96. The normalized spacial score (nSPS) is 10.7. The van der Waals surface area contributed by atoms with Crippen LogP contribution in [0.5, 0.6) is 0 Å². The Kier molecular flexibility index (Phi) is 6.43. The highest BCUT2D eigenvalue weighted by molar-refractivity contribution is 5.84. The number of carbonyl (C=O) groups excluding carboxylic acids is 1. The zero-order valence-corrected chi connectivity index (χ0v) is 16.8. The van der Waals surface area contributed by atoms with Gasteiger partial charge in [0.25, 0.3) is 0 Å². The predicted molar refractivity (Wildman–Crippen MR) is 110 cm³/mol. The van der Waals surface area contributed by atoms with Gasteiger partial charge in [0.1, 0.15) is 11.4 Å². The van der Waals surface area contributed by atoms with Crippen LogP contribution in [0.4, 0.5) is 10.5 Å². The van der Waals surface area contributed by atoms with Crippen molar-refractivity contribution in [2.24, 2.45) is 0 Å². The van der Waals surface area contributed by atoms with Crippen molar-refractivity contribution >= 4 is 22.7 Å². The number of aryl methyl sites for hydroxylation is 1. The average molecular weight is 396 g/mol. The van der Waals surface area contributed by atoms with Crippen LogP contribution >= 0.6 is 0 Å². The Morgan fingerprint density at radius 3 is 2.76 bits per heavy atom. The molecule has 0 atom stereocenters. The number of fused-ring (bicyclic) bond motifs is 1. The lowest BCUT2D eigenvalue weighted by molar-refractivity contribution is 0.146. The molecule has 0 saturated carbocycles. The van der Waals surface area contributed by atoms with Gasteiger partial charge in [0.2, 0.25) is 0 Å². The van der Waals surface area contributed by atoms with Gasteiger partial charge >= 0.3 is 11.7 Å². The van der Waals surface area contributed by atoms with E-state index in [1.54, 1.807) is 18.5 Å². The summed E-state index contributed by atoms with van der Waals surface area (Å²) >= 11 is 0. The second-order valence-electron chi connectivity index (χ2n) is 6.59.